The molecule has 1 atom stereocenters. The Morgan fingerprint density at radius 2 is 2.27 bits per heavy atom. The average molecular weight is 212 g/mol. The van der Waals surface area contributed by atoms with E-state index in [0.717, 1.165) is 6.92 Å². The topological polar surface area (TPSA) is 102 Å². The number of carbonyl (C=O) groups is 2. The smallest absolute Gasteiger partial charge is 0.337 e. The summed E-state index contributed by atoms with van der Waals surface area (Å²) in [5.74, 6) is -1.84. The van der Waals surface area contributed by atoms with E-state index in [1.807, 2.05) is 0 Å². The van der Waals surface area contributed by atoms with Gasteiger partial charge in [-0.2, -0.15) is 0 Å². The molecule has 0 aliphatic heterocycles. The lowest BCUT2D eigenvalue weighted by atomic mass is 10.1. The van der Waals surface area contributed by atoms with Crippen LogP contribution in [0.4, 0.5) is 0 Å². The molecule has 15 heavy (non-hydrogen) atoms. The van der Waals surface area contributed by atoms with Gasteiger partial charge in [-0.1, -0.05) is 0 Å². The van der Waals surface area contributed by atoms with Gasteiger partial charge in [0.15, 0.2) is 5.60 Å². The molecule has 0 saturated heterocycles. The number of aliphatic hydroxyl groups is 1. The lowest BCUT2D eigenvalue weighted by Crippen LogP contribution is -2.46. The first-order valence-corrected chi connectivity index (χ1v) is 4.31. The number of hydrogen-bond donors (Lipinski definition) is 4. The quantitative estimate of drug-likeness (QED) is 0.544. The third kappa shape index (κ3) is 2.81. The molecule has 82 valence electrons. The number of aliphatic carboxylic acids is 1. The van der Waals surface area contributed by atoms with Gasteiger partial charge in [-0.15, -0.1) is 0 Å². The second-order valence-electron chi connectivity index (χ2n) is 3.35. The van der Waals surface area contributed by atoms with Crippen molar-refractivity contribution in [2.24, 2.45) is 0 Å². The van der Waals surface area contributed by atoms with E-state index in [1.54, 1.807) is 18.3 Å². The van der Waals surface area contributed by atoms with Gasteiger partial charge in [0.05, 0.1) is 6.54 Å². The number of aromatic nitrogens is 1. The lowest BCUT2D eigenvalue weighted by Gasteiger charge is -2.17. The molecule has 1 amide bonds. The number of aromatic amines is 1. The van der Waals surface area contributed by atoms with Crippen LogP contribution in [0.3, 0.4) is 0 Å². The highest BCUT2D eigenvalue weighted by atomic mass is 16.4. The first kappa shape index (κ1) is 11.3. The summed E-state index contributed by atoms with van der Waals surface area (Å²) < 4.78 is 0. The highest BCUT2D eigenvalue weighted by molar-refractivity contribution is 5.92. The molecule has 1 heterocycles. The molecule has 0 aromatic carbocycles. The van der Waals surface area contributed by atoms with Crippen LogP contribution >= 0.6 is 0 Å². The first-order chi connectivity index (χ1) is 6.93. The number of amides is 1. The molecule has 0 radical (unpaired) electrons. The van der Waals surface area contributed by atoms with E-state index < -0.39 is 17.5 Å². The molecular weight excluding hydrogens is 200 g/mol. The number of nitrogens with one attached hydrogen (secondary N) is 2. The van der Waals surface area contributed by atoms with Gasteiger partial charge in [0.25, 0.3) is 5.91 Å². The van der Waals surface area contributed by atoms with Gasteiger partial charge >= 0.3 is 5.97 Å². The minimum absolute atomic E-state index is 0.316. The number of carboxylic acids is 1. The van der Waals surface area contributed by atoms with Crippen molar-refractivity contribution in [1.29, 1.82) is 0 Å². The maximum absolute atomic E-state index is 11.3. The largest absolute Gasteiger partial charge is 0.479 e. The maximum atomic E-state index is 11.3. The Bertz CT molecular complexity index is 356. The van der Waals surface area contributed by atoms with E-state index >= 15 is 0 Å². The third-order valence-electron chi connectivity index (χ3n) is 1.90. The summed E-state index contributed by atoms with van der Waals surface area (Å²) >= 11 is 0. The first-order valence-electron chi connectivity index (χ1n) is 4.31. The Kier molecular flexibility index (Phi) is 3.11. The average Bonchev–Trinajstić information content (AvgIpc) is 2.66. The van der Waals surface area contributed by atoms with Crippen LogP contribution in [0.1, 0.15) is 17.4 Å². The Labute approximate surface area is 85.9 Å². The molecule has 0 saturated carbocycles. The molecule has 1 unspecified atom stereocenters. The Morgan fingerprint density at radius 3 is 2.73 bits per heavy atom. The molecule has 1 aromatic rings. The van der Waals surface area contributed by atoms with Gasteiger partial charge in [-0.3, -0.25) is 4.79 Å². The number of H-pyrrole nitrogens is 1. The van der Waals surface area contributed by atoms with Crippen LogP contribution in [0.5, 0.6) is 0 Å². The fourth-order valence-corrected chi connectivity index (χ4v) is 0.895. The zero-order valence-electron chi connectivity index (χ0n) is 8.15. The van der Waals surface area contributed by atoms with Gasteiger partial charge in [0, 0.05) is 6.20 Å². The Morgan fingerprint density at radius 1 is 1.60 bits per heavy atom. The second-order valence-corrected chi connectivity index (χ2v) is 3.35. The summed E-state index contributed by atoms with van der Waals surface area (Å²) in [6.07, 6.45) is 1.57. The standard InChI is InChI=1S/C9H12N2O4/c1-9(15,8(13)14)5-11-7(12)6-3-2-4-10-6/h2-4,10,15H,5H2,1H3,(H,11,12)(H,13,14). The Hall–Kier alpha value is -1.82. The minimum atomic E-state index is -1.96. The van der Waals surface area contributed by atoms with Crippen LogP contribution in [-0.4, -0.2) is 39.2 Å². The van der Waals surface area contributed by atoms with Gasteiger partial charge < -0.3 is 20.5 Å². The number of carboxylic acid groups (broad SMARTS) is 1. The third-order valence-corrected chi connectivity index (χ3v) is 1.90. The van der Waals surface area contributed by atoms with Crippen LogP contribution in [0.15, 0.2) is 18.3 Å². The molecule has 0 aliphatic carbocycles. The van der Waals surface area contributed by atoms with E-state index in [1.165, 1.54) is 0 Å². The summed E-state index contributed by atoms with van der Waals surface area (Å²) in [6, 6.07) is 3.19. The number of rotatable bonds is 4. The van der Waals surface area contributed by atoms with E-state index in [2.05, 4.69) is 10.3 Å². The molecule has 1 rings (SSSR count). The van der Waals surface area contributed by atoms with Crippen molar-refractivity contribution in [3.05, 3.63) is 24.0 Å². The van der Waals surface area contributed by atoms with Crippen LogP contribution in [0, 0.1) is 0 Å². The van der Waals surface area contributed by atoms with Crippen LogP contribution in [0.25, 0.3) is 0 Å². The molecule has 1 aromatic heterocycles. The van der Waals surface area contributed by atoms with Crippen molar-refractivity contribution >= 4 is 11.9 Å². The Balaban J connectivity index is 2.51. The van der Waals surface area contributed by atoms with Gasteiger partial charge in [0.2, 0.25) is 0 Å². The summed E-state index contributed by atoms with van der Waals surface area (Å²) in [5.41, 5.74) is -1.64. The van der Waals surface area contributed by atoms with Crippen molar-refractivity contribution in [2.45, 2.75) is 12.5 Å². The number of carbonyl (C=O) groups excluding carboxylic acids is 1. The normalized spacial score (nSPS) is 14.3. The molecular formula is C9H12N2O4. The number of hydrogen-bond acceptors (Lipinski definition) is 3. The van der Waals surface area contributed by atoms with Crippen molar-refractivity contribution in [3.63, 3.8) is 0 Å². The summed E-state index contributed by atoms with van der Waals surface area (Å²) in [5, 5.41) is 20.2. The monoisotopic (exact) mass is 212 g/mol. The SMILES string of the molecule is CC(O)(CNC(=O)c1ccc[nH]1)C(=O)O. The summed E-state index contributed by atoms with van der Waals surface area (Å²) in [7, 11) is 0. The van der Waals surface area contributed by atoms with Crippen LogP contribution in [0.2, 0.25) is 0 Å². The van der Waals surface area contributed by atoms with Crippen molar-refractivity contribution < 1.29 is 19.8 Å². The molecule has 6 nitrogen and oxygen atoms in total. The van der Waals surface area contributed by atoms with Crippen molar-refractivity contribution in [2.75, 3.05) is 6.54 Å². The van der Waals surface area contributed by atoms with E-state index in [9.17, 15) is 14.7 Å². The molecule has 0 aliphatic rings. The zero-order valence-corrected chi connectivity index (χ0v) is 8.15. The van der Waals surface area contributed by atoms with Crippen molar-refractivity contribution in [1.82, 2.24) is 10.3 Å². The van der Waals surface area contributed by atoms with Gasteiger partial charge in [0.1, 0.15) is 5.69 Å². The lowest BCUT2D eigenvalue weighted by molar-refractivity contribution is -0.155. The van der Waals surface area contributed by atoms with Gasteiger partial charge in [-0.05, 0) is 19.1 Å². The molecule has 6 heteroatoms. The molecule has 4 N–H and O–H groups in total. The van der Waals surface area contributed by atoms with Crippen molar-refractivity contribution in [3.8, 4) is 0 Å². The predicted octanol–water partition coefficient (Wildman–Crippen LogP) is -0.420. The molecule has 0 spiro atoms. The van der Waals surface area contributed by atoms with E-state index in [4.69, 9.17) is 5.11 Å². The van der Waals surface area contributed by atoms with Crippen LogP contribution in [-0.2, 0) is 4.79 Å². The second kappa shape index (κ2) is 4.14. The van der Waals surface area contributed by atoms with E-state index in [0.29, 0.717) is 5.69 Å². The highest BCUT2D eigenvalue weighted by Gasteiger charge is 2.30. The maximum Gasteiger partial charge on any atom is 0.337 e. The zero-order chi connectivity index (χ0) is 11.5. The highest BCUT2D eigenvalue weighted by Crippen LogP contribution is 2.02. The van der Waals surface area contributed by atoms with Gasteiger partial charge in [-0.25, -0.2) is 4.79 Å². The predicted molar refractivity (Wildman–Crippen MR) is 51.4 cm³/mol. The fraction of sp³-hybridized carbons (Fsp3) is 0.333. The molecule has 0 bridgehead atoms. The summed E-state index contributed by atoms with van der Waals surface area (Å²) in [6.45, 7) is 0.768. The minimum Gasteiger partial charge on any atom is -0.479 e. The van der Waals surface area contributed by atoms with E-state index in [-0.39, 0.29) is 6.54 Å². The van der Waals surface area contributed by atoms with Crippen LogP contribution < -0.4 is 5.32 Å². The fourth-order valence-electron chi connectivity index (χ4n) is 0.895. The summed E-state index contributed by atoms with van der Waals surface area (Å²) in [4.78, 5) is 24.5. The molecule has 0 fully saturated rings.